The minimum absolute atomic E-state index is 0.305. The van der Waals surface area contributed by atoms with Crippen molar-refractivity contribution in [1.29, 1.82) is 0 Å². The highest BCUT2D eigenvalue weighted by molar-refractivity contribution is 5.86. The summed E-state index contributed by atoms with van der Waals surface area (Å²) in [5.74, 6) is 1.48. The van der Waals surface area contributed by atoms with Crippen molar-refractivity contribution >= 4 is 5.78 Å². The minimum atomic E-state index is 0.305. The molecule has 86 valence electrons. The van der Waals surface area contributed by atoms with Gasteiger partial charge in [-0.2, -0.15) is 0 Å². The Morgan fingerprint density at radius 2 is 2.31 bits per heavy atom. The molecule has 1 saturated heterocycles. The molecular formula is C13H17NO2. The van der Waals surface area contributed by atoms with E-state index < -0.39 is 0 Å². The van der Waals surface area contributed by atoms with Crippen LogP contribution in [0.25, 0.3) is 0 Å². The average molecular weight is 219 g/mol. The van der Waals surface area contributed by atoms with Crippen LogP contribution in [0.3, 0.4) is 0 Å². The lowest BCUT2D eigenvalue weighted by Crippen LogP contribution is -2.30. The molecule has 0 amide bonds. The van der Waals surface area contributed by atoms with E-state index in [1.54, 1.807) is 6.26 Å². The Labute approximate surface area is 95.2 Å². The number of ketones is 1. The number of furan rings is 1. The van der Waals surface area contributed by atoms with Crippen molar-refractivity contribution < 1.29 is 9.21 Å². The maximum absolute atomic E-state index is 12.1. The summed E-state index contributed by atoms with van der Waals surface area (Å²) in [7, 11) is 0. The van der Waals surface area contributed by atoms with Crippen molar-refractivity contribution in [2.75, 3.05) is 13.1 Å². The van der Waals surface area contributed by atoms with E-state index in [1.165, 1.54) is 12.8 Å². The molecule has 1 saturated carbocycles. The summed E-state index contributed by atoms with van der Waals surface area (Å²) in [5.41, 5.74) is 0.356. The summed E-state index contributed by atoms with van der Waals surface area (Å²) in [4.78, 5) is 12.1. The molecule has 1 spiro atoms. The number of piperidine rings is 1. The topological polar surface area (TPSA) is 42.2 Å². The van der Waals surface area contributed by atoms with Crippen LogP contribution in [-0.4, -0.2) is 18.9 Å². The van der Waals surface area contributed by atoms with Gasteiger partial charge in [-0.15, -0.1) is 0 Å². The number of hydrogen-bond acceptors (Lipinski definition) is 3. The largest absolute Gasteiger partial charge is 0.469 e. The Balaban J connectivity index is 1.61. The fourth-order valence-corrected chi connectivity index (χ4v) is 2.99. The monoisotopic (exact) mass is 219 g/mol. The van der Waals surface area contributed by atoms with Crippen molar-refractivity contribution in [3.63, 3.8) is 0 Å². The Hall–Kier alpha value is -1.09. The molecule has 3 nitrogen and oxygen atoms in total. The Morgan fingerprint density at radius 1 is 1.50 bits per heavy atom. The van der Waals surface area contributed by atoms with E-state index >= 15 is 0 Å². The maximum atomic E-state index is 12.1. The standard InChI is InChI=1S/C13H17NO2/c15-12(8-10-2-1-7-16-10)11-9-13(11)3-5-14-6-4-13/h1-2,7,11,14H,3-6,8-9H2. The molecule has 1 unspecified atom stereocenters. The number of carbonyl (C=O) groups excluding carboxylic acids is 1. The lowest BCUT2D eigenvalue weighted by atomic mass is 9.90. The molecule has 3 heteroatoms. The lowest BCUT2D eigenvalue weighted by molar-refractivity contribution is -0.120. The van der Waals surface area contributed by atoms with Crippen LogP contribution in [0.1, 0.15) is 25.0 Å². The van der Waals surface area contributed by atoms with E-state index in [0.717, 1.165) is 25.3 Å². The smallest absolute Gasteiger partial charge is 0.144 e. The predicted molar refractivity (Wildman–Crippen MR) is 60.1 cm³/mol. The second kappa shape index (κ2) is 3.74. The molecular weight excluding hydrogens is 202 g/mol. The van der Waals surface area contributed by atoms with Crippen molar-refractivity contribution in [3.8, 4) is 0 Å². The van der Waals surface area contributed by atoms with Crippen LogP contribution in [0.4, 0.5) is 0 Å². The summed E-state index contributed by atoms with van der Waals surface area (Å²) >= 11 is 0. The molecule has 2 aliphatic rings. The van der Waals surface area contributed by atoms with E-state index in [9.17, 15) is 4.79 Å². The van der Waals surface area contributed by atoms with E-state index in [4.69, 9.17) is 4.42 Å². The van der Waals surface area contributed by atoms with Gasteiger partial charge in [0.15, 0.2) is 0 Å². The van der Waals surface area contributed by atoms with E-state index in [1.807, 2.05) is 12.1 Å². The third-order valence-corrected chi connectivity index (χ3v) is 4.11. The zero-order valence-corrected chi connectivity index (χ0v) is 9.37. The van der Waals surface area contributed by atoms with Crippen LogP contribution in [0, 0.1) is 11.3 Å². The van der Waals surface area contributed by atoms with Gasteiger partial charge in [-0.3, -0.25) is 4.79 Å². The van der Waals surface area contributed by atoms with E-state index in [0.29, 0.717) is 23.5 Å². The van der Waals surface area contributed by atoms with Crippen molar-refractivity contribution in [1.82, 2.24) is 5.32 Å². The SMILES string of the molecule is O=C(Cc1ccco1)C1CC12CCNCC2. The first kappa shape index (κ1) is 10.1. The molecule has 2 heterocycles. The van der Waals surface area contributed by atoms with Crippen LogP contribution in [-0.2, 0) is 11.2 Å². The molecule has 1 aliphatic heterocycles. The third-order valence-electron chi connectivity index (χ3n) is 4.11. The number of hydrogen-bond donors (Lipinski definition) is 1. The van der Waals surface area contributed by atoms with Gasteiger partial charge < -0.3 is 9.73 Å². The van der Waals surface area contributed by atoms with E-state index in [2.05, 4.69) is 5.32 Å². The average Bonchev–Trinajstić information content (AvgIpc) is 2.76. The van der Waals surface area contributed by atoms with Crippen LogP contribution in [0.5, 0.6) is 0 Å². The van der Waals surface area contributed by atoms with Gasteiger partial charge in [0.05, 0.1) is 12.7 Å². The number of nitrogens with one attached hydrogen (secondary N) is 1. The normalized spacial score (nSPS) is 26.9. The zero-order chi connectivity index (χ0) is 11.0. The molecule has 0 radical (unpaired) electrons. The van der Waals surface area contributed by atoms with Gasteiger partial charge in [-0.05, 0) is 49.9 Å². The van der Waals surface area contributed by atoms with Gasteiger partial charge in [0, 0.05) is 5.92 Å². The quantitative estimate of drug-likeness (QED) is 0.842. The van der Waals surface area contributed by atoms with Crippen molar-refractivity contribution in [3.05, 3.63) is 24.2 Å². The van der Waals surface area contributed by atoms with Gasteiger partial charge in [-0.25, -0.2) is 0 Å². The number of carbonyl (C=O) groups is 1. The molecule has 1 atom stereocenters. The second-order valence-electron chi connectivity index (χ2n) is 5.09. The fourth-order valence-electron chi connectivity index (χ4n) is 2.99. The predicted octanol–water partition coefficient (Wildman–Crippen LogP) is 1.78. The van der Waals surface area contributed by atoms with Crippen molar-refractivity contribution in [2.45, 2.75) is 25.7 Å². The fraction of sp³-hybridized carbons (Fsp3) is 0.615. The lowest BCUT2D eigenvalue weighted by Gasteiger charge is -2.23. The van der Waals surface area contributed by atoms with Crippen LogP contribution >= 0.6 is 0 Å². The molecule has 16 heavy (non-hydrogen) atoms. The maximum Gasteiger partial charge on any atom is 0.144 e. The first-order chi connectivity index (χ1) is 7.80. The highest BCUT2D eigenvalue weighted by Gasteiger charge is 2.57. The van der Waals surface area contributed by atoms with Gasteiger partial charge >= 0.3 is 0 Å². The summed E-state index contributed by atoms with van der Waals surface area (Å²) in [6.45, 7) is 2.15. The summed E-state index contributed by atoms with van der Waals surface area (Å²) < 4.78 is 5.22. The van der Waals surface area contributed by atoms with Gasteiger partial charge in [0.25, 0.3) is 0 Å². The summed E-state index contributed by atoms with van der Waals surface area (Å²) in [5, 5.41) is 3.36. The molecule has 1 aromatic heterocycles. The van der Waals surface area contributed by atoms with Crippen LogP contribution in [0.15, 0.2) is 22.8 Å². The molecule has 0 aromatic carbocycles. The molecule has 2 fully saturated rings. The summed E-state index contributed by atoms with van der Waals surface area (Å²) in [6.07, 6.45) is 5.56. The molecule has 1 N–H and O–H groups in total. The number of rotatable bonds is 3. The molecule has 0 bridgehead atoms. The second-order valence-corrected chi connectivity index (χ2v) is 5.09. The highest BCUT2D eigenvalue weighted by Crippen LogP contribution is 2.59. The third kappa shape index (κ3) is 1.69. The first-order valence-electron chi connectivity index (χ1n) is 6.06. The molecule has 1 aromatic rings. The Morgan fingerprint density at radius 3 is 3.00 bits per heavy atom. The van der Waals surface area contributed by atoms with Crippen LogP contribution < -0.4 is 5.32 Å². The Bertz CT molecular complexity index is 377. The van der Waals surface area contributed by atoms with Crippen LogP contribution in [0.2, 0.25) is 0 Å². The van der Waals surface area contributed by atoms with E-state index in [-0.39, 0.29) is 0 Å². The zero-order valence-electron chi connectivity index (χ0n) is 9.37. The minimum Gasteiger partial charge on any atom is -0.469 e. The van der Waals surface area contributed by atoms with Crippen molar-refractivity contribution in [2.24, 2.45) is 11.3 Å². The first-order valence-corrected chi connectivity index (χ1v) is 6.06. The number of Topliss-reactive ketones (excluding diaryl/α,β-unsaturated/α-hetero) is 1. The molecule has 3 rings (SSSR count). The van der Waals surface area contributed by atoms with Gasteiger partial charge in [-0.1, -0.05) is 0 Å². The Kier molecular flexibility index (Phi) is 2.36. The summed E-state index contributed by atoms with van der Waals surface area (Å²) in [6, 6.07) is 3.73. The highest BCUT2D eigenvalue weighted by atomic mass is 16.3. The van der Waals surface area contributed by atoms with Gasteiger partial charge in [0.1, 0.15) is 11.5 Å². The van der Waals surface area contributed by atoms with Gasteiger partial charge in [0.2, 0.25) is 0 Å². The molecule has 1 aliphatic carbocycles.